The molecule has 1 aromatic carbocycles. The molecule has 1 unspecified atom stereocenters. The molecule has 0 bridgehead atoms. The van der Waals surface area contributed by atoms with Crippen molar-refractivity contribution in [1.82, 2.24) is 0 Å². The molecule has 0 heteroatoms. The number of benzene rings is 1. The molecule has 0 aliphatic heterocycles. The average Bonchev–Trinajstić information content (AvgIpc) is 2.30. The minimum atomic E-state index is 0.181. The van der Waals surface area contributed by atoms with Crippen LogP contribution < -0.4 is 0 Å². The molecular formula is C17H23. The molecule has 1 atom stereocenters. The quantitative estimate of drug-likeness (QED) is 0.497. The summed E-state index contributed by atoms with van der Waals surface area (Å²) in [6.45, 7) is 8.65. The average molecular weight is 227 g/mol. The highest BCUT2D eigenvalue weighted by Crippen LogP contribution is 2.27. The maximum absolute atomic E-state index is 7.52. The Bertz CT molecular complexity index is 407. The number of unbranched alkanes of at least 4 members (excludes halogenated alkanes) is 2. The van der Waals surface area contributed by atoms with Gasteiger partial charge in [-0.1, -0.05) is 49.8 Å². The molecule has 91 valence electrons. The molecular weight excluding hydrogens is 204 g/mol. The fourth-order valence-corrected chi connectivity index (χ4v) is 2.34. The maximum atomic E-state index is 7.52. The van der Waals surface area contributed by atoms with E-state index in [1.165, 1.54) is 41.5 Å². The van der Waals surface area contributed by atoms with Gasteiger partial charge in [0, 0.05) is 5.92 Å². The van der Waals surface area contributed by atoms with Gasteiger partial charge in [-0.05, 0) is 50.3 Å². The van der Waals surface area contributed by atoms with Crippen molar-refractivity contribution in [2.24, 2.45) is 0 Å². The molecule has 0 spiro atoms. The Morgan fingerprint density at radius 1 is 1.18 bits per heavy atom. The van der Waals surface area contributed by atoms with Crippen LogP contribution in [0.3, 0.4) is 0 Å². The Kier molecular flexibility index (Phi) is 5.29. The van der Waals surface area contributed by atoms with E-state index in [-0.39, 0.29) is 5.92 Å². The van der Waals surface area contributed by atoms with Crippen molar-refractivity contribution in [3.05, 3.63) is 40.8 Å². The normalized spacial score (nSPS) is 12.2. The molecule has 0 N–H and O–H groups in total. The van der Waals surface area contributed by atoms with E-state index in [0.29, 0.717) is 0 Å². The van der Waals surface area contributed by atoms with Crippen LogP contribution in [-0.2, 0) is 0 Å². The predicted molar refractivity (Wildman–Crippen MR) is 74.7 cm³/mol. The predicted octanol–water partition coefficient (Wildman–Crippen LogP) is 4.87. The minimum Gasteiger partial charge on any atom is -0.0809 e. The summed E-state index contributed by atoms with van der Waals surface area (Å²) < 4.78 is 0. The molecule has 0 aromatic heterocycles. The Balaban J connectivity index is 2.92. The third-order valence-electron chi connectivity index (χ3n) is 3.50. The van der Waals surface area contributed by atoms with Crippen LogP contribution in [0.1, 0.15) is 60.8 Å². The molecule has 0 saturated carbocycles. The first-order valence-corrected chi connectivity index (χ1v) is 6.60. The Morgan fingerprint density at radius 2 is 1.88 bits per heavy atom. The van der Waals surface area contributed by atoms with E-state index in [9.17, 15) is 0 Å². The molecule has 0 amide bonds. The van der Waals surface area contributed by atoms with Crippen molar-refractivity contribution in [1.29, 1.82) is 0 Å². The first kappa shape index (κ1) is 13.8. The zero-order chi connectivity index (χ0) is 12.8. The summed E-state index contributed by atoms with van der Waals surface area (Å²) in [6.07, 6.45) is 12.3. The molecule has 0 saturated heterocycles. The molecule has 0 aliphatic rings. The fourth-order valence-electron chi connectivity index (χ4n) is 2.34. The van der Waals surface area contributed by atoms with Crippen LogP contribution in [0, 0.1) is 33.1 Å². The summed E-state index contributed by atoms with van der Waals surface area (Å²) in [6, 6.07) is 4.44. The van der Waals surface area contributed by atoms with E-state index in [1.54, 1.807) is 0 Å². The first-order valence-electron chi connectivity index (χ1n) is 6.60. The summed E-state index contributed by atoms with van der Waals surface area (Å²) in [5.74, 6) is 2.90. The lowest BCUT2D eigenvalue weighted by atomic mass is 9.88. The van der Waals surface area contributed by atoms with Gasteiger partial charge in [-0.15, -0.1) is 0 Å². The summed E-state index contributed by atoms with van der Waals surface area (Å²) in [5.41, 5.74) is 5.25. The number of rotatable bonds is 5. The Morgan fingerprint density at radius 3 is 2.47 bits per heavy atom. The molecule has 1 aromatic rings. The van der Waals surface area contributed by atoms with Gasteiger partial charge in [0.05, 0.1) is 0 Å². The smallest absolute Gasteiger partial charge is 0.0465 e. The third-order valence-corrected chi connectivity index (χ3v) is 3.50. The van der Waals surface area contributed by atoms with Crippen LogP contribution in [0.2, 0.25) is 0 Å². The Hall–Kier alpha value is -1.22. The molecule has 17 heavy (non-hydrogen) atoms. The second kappa shape index (κ2) is 6.50. The number of aryl methyl sites for hydroxylation is 2. The van der Waals surface area contributed by atoms with Crippen LogP contribution in [0.25, 0.3) is 0 Å². The molecule has 0 heterocycles. The Labute approximate surface area is 106 Å². The van der Waals surface area contributed by atoms with Crippen molar-refractivity contribution >= 4 is 0 Å². The zero-order valence-electron chi connectivity index (χ0n) is 11.6. The van der Waals surface area contributed by atoms with E-state index in [1.807, 2.05) is 0 Å². The van der Waals surface area contributed by atoms with Gasteiger partial charge in [-0.25, -0.2) is 0 Å². The highest BCUT2D eigenvalue weighted by atomic mass is 14.2. The third kappa shape index (κ3) is 3.63. The largest absolute Gasteiger partial charge is 0.0809 e. The van der Waals surface area contributed by atoms with Crippen LogP contribution in [0.15, 0.2) is 12.1 Å². The van der Waals surface area contributed by atoms with Crippen LogP contribution in [-0.4, -0.2) is 0 Å². The van der Waals surface area contributed by atoms with Gasteiger partial charge in [-0.3, -0.25) is 0 Å². The monoisotopic (exact) mass is 227 g/mol. The van der Waals surface area contributed by atoms with Gasteiger partial charge < -0.3 is 0 Å². The van der Waals surface area contributed by atoms with E-state index in [0.717, 1.165) is 6.42 Å². The van der Waals surface area contributed by atoms with Crippen LogP contribution in [0.4, 0.5) is 0 Å². The maximum Gasteiger partial charge on any atom is 0.0465 e. The minimum absolute atomic E-state index is 0.181. The van der Waals surface area contributed by atoms with Crippen molar-refractivity contribution in [2.75, 3.05) is 0 Å². The lowest BCUT2D eigenvalue weighted by Gasteiger charge is -2.16. The summed E-state index contributed by atoms with van der Waals surface area (Å²) in [7, 11) is 0. The van der Waals surface area contributed by atoms with Gasteiger partial charge >= 0.3 is 0 Å². The summed E-state index contributed by atoms with van der Waals surface area (Å²) in [5, 5.41) is 0. The number of hydrogen-bond acceptors (Lipinski definition) is 0. The molecule has 0 fully saturated rings. The van der Waals surface area contributed by atoms with Gasteiger partial charge in [0.2, 0.25) is 0 Å². The summed E-state index contributed by atoms with van der Waals surface area (Å²) >= 11 is 0. The molecule has 0 nitrogen and oxygen atoms in total. The lowest BCUT2D eigenvalue weighted by Crippen LogP contribution is -2.01. The van der Waals surface area contributed by atoms with Crippen LogP contribution >= 0.6 is 0 Å². The van der Waals surface area contributed by atoms with Crippen molar-refractivity contribution in [3.8, 4) is 5.92 Å². The highest BCUT2D eigenvalue weighted by Gasteiger charge is 2.12. The van der Waals surface area contributed by atoms with Gasteiger partial charge in [0.1, 0.15) is 0 Å². The lowest BCUT2D eigenvalue weighted by molar-refractivity contribution is 0.635. The second-order valence-electron chi connectivity index (χ2n) is 4.99. The topological polar surface area (TPSA) is 0 Å². The van der Waals surface area contributed by atoms with E-state index >= 15 is 0 Å². The molecule has 1 rings (SSSR count). The second-order valence-corrected chi connectivity index (χ2v) is 4.99. The standard InChI is InChI=1S/C17H23/c1-6-8-9-10-16(7-2)17-12-13(3)11-14(4)15(17)5/h11-12,16H,6,8-10H2,1,3-5H3. The molecule has 1 radical (unpaired) electrons. The van der Waals surface area contributed by atoms with Crippen molar-refractivity contribution in [3.63, 3.8) is 0 Å². The van der Waals surface area contributed by atoms with E-state index in [4.69, 9.17) is 6.42 Å². The van der Waals surface area contributed by atoms with Crippen molar-refractivity contribution in [2.45, 2.75) is 59.3 Å². The van der Waals surface area contributed by atoms with E-state index in [2.05, 4.69) is 45.7 Å². The SMILES string of the molecule is [C]#CC(CCCCC)c1cc(C)cc(C)c1C. The highest BCUT2D eigenvalue weighted by molar-refractivity contribution is 5.41. The van der Waals surface area contributed by atoms with Gasteiger partial charge in [-0.2, -0.15) is 0 Å². The van der Waals surface area contributed by atoms with E-state index < -0.39 is 0 Å². The summed E-state index contributed by atoms with van der Waals surface area (Å²) in [4.78, 5) is 0. The zero-order valence-corrected chi connectivity index (χ0v) is 11.6. The molecule has 0 aliphatic carbocycles. The van der Waals surface area contributed by atoms with Gasteiger partial charge in [0.25, 0.3) is 0 Å². The van der Waals surface area contributed by atoms with Gasteiger partial charge in [0.15, 0.2) is 0 Å². The fraction of sp³-hybridized carbons (Fsp3) is 0.529. The number of hydrogen-bond donors (Lipinski definition) is 0. The van der Waals surface area contributed by atoms with Crippen molar-refractivity contribution < 1.29 is 0 Å². The van der Waals surface area contributed by atoms with Crippen LogP contribution in [0.5, 0.6) is 0 Å². The first-order chi connectivity index (χ1) is 8.10.